The molecule has 0 aliphatic heterocycles. The minimum Gasteiger partial charge on any atom is -0.496 e. The number of carbonyl (C=O) groups excluding carboxylic acids is 1. The van der Waals surface area contributed by atoms with Crippen LogP contribution in [0.15, 0.2) is 42.0 Å². The highest BCUT2D eigenvalue weighted by molar-refractivity contribution is 6.07. The number of amides is 1. The maximum atomic E-state index is 12.6. The fraction of sp³-hybridized carbons (Fsp3) is 0.381. The predicted octanol–water partition coefficient (Wildman–Crippen LogP) is 4.05. The molecule has 1 heterocycles. The smallest absolute Gasteiger partial charge is 0.264 e. The number of nitrogens with one attached hydrogen (secondary N) is 2. The van der Waals surface area contributed by atoms with Gasteiger partial charge in [0.15, 0.2) is 5.82 Å². The molecule has 0 atom stereocenters. The Morgan fingerprint density at radius 3 is 2.36 bits per heavy atom. The van der Waals surface area contributed by atoms with Crippen molar-refractivity contribution in [3.8, 4) is 11.5 Å². The Morgan fingerprint density at radius 2 is 1.75 bits per heavy atom. The average Bonchev–Trinajstić information content (AvgIpc) is 2.75. The molecule has 3 rings (SSSR count). The van der Waals surface area contributed by atoms with Crippen LogP contribution in [0.4, 0.5) is 11.6 Å². The molecule has 1 aromatic heterocycles. The number of benzene rings is 1. The zero-order valence-corrected chi connectivity index (χ0v) is 16.3. The van der Waals surface area contributed by atoms with Crippen LogP contribution in [0.25, 0.3) is 0 Å². The molecule has 1 aromatic carbocycles. The molecule has 0 bridgehead atoms. The van der Waals surface area contributed by atoms with Gasteiger partial charge in [0.25, 0.3) is 5.91 Å². The second kappa shape index (κ2) is 9.73. The van der Waals surface area contributed by atoms with Gasteiger partial charge in [-0.15, -0.1) is 10.2 Å². The van der Waals surface area contributed by atoms with Crippen LogP contribution in [0.5, 0.6) is 11.5 Å². The summed E-state index contributed by atoms with van der Waals surface area (Å²) in [6.45, 7) is 0.824. The lowest BCUT2D eigenvalue weighted by Crippen LogP contribution is -2.16. The number of allylic oxidation sites excluding steroid dienone is 1. The van der Waals surface area contributed by atoms with Crippen molar-refractivity contribution in [3.63, 3.8) is 0 Å². The summed E-state index contributed by atoms with van der Waals surface area (Å²) in [6.07, 6.45) is 8.36. The van der Waals surface area contributed by atoms with E-state index >= 15 is 0 Å². The Hall–Kier alpha value is -3.09. The minimum absolute atomic E-state index is 0.317. The van der Waals surface area contributed by atoms with Crippen LogP contribution in [0.2, 0.25) is 0 Å². The van der Waals surface area contributed by atoms with Crippen molar-refractivity contribution in [1.82, 2.24) is 10.2 Å². The Bertz CT molecular complexity index is 812. The number of hydrogen-bond acceptors (Lipinski definition) is 6. The standard InChI is InChI=1S/C21H26N4O3/c1-27-16-9-6-10-17(28-2)20(16)21(26)23-19-12-11-18(24-25-19)22-14-13-15-7-4-3-5-8-15/h6-7,9-12H,3-5,8,13-14H2,1-2H3,(H,22,24)(H,23,25,26). The van der Waals surface area contributed by atoms with Crippen LogP contribution < -0.4 is 20.1 Å². The molecule has 0 unspecified atom stereocenters. The van der Waals surface area contributed by atoms with E-state index in [4.69, 9.17) is 9.47 Å². The summed E-state index contributed by atoms with van der Waals surface area (Å²) in [7, 11) is 3.02. The first-order chi connectivity index (χ1) is 13.7. The summed E-state index contributed by atoms with van der Waals surface area (Å²) in [5.74, 6) is 1.54. The van der Waals surface area contributed by atoms with Gasteiger partial charge in [-0.2, -0.15) is 0 Å². The Labute approximate surface area is 165 Å². The molecule has 28 heavy (non-hydrogen) atoms. The summed E-state index contributed by atoms with van der Waals surface area (Å²) in [6, 6.07) is 8.69. The monoisotopic (exact) mass is 382 g/mol. The van der Waals surface area contributed by atoms with Crippen molar-refractivity contribution < 1.29 is 14.3 Å². The minimum atomic E-state index is -0.367. The number of carbonyl (C=O) groups is 1. The number of ether oxygens (including phenoxy) is 2. The van der Waals surface area contributed by atoms with E-state index < -0.39 is 0 Å². The van der Waals surface area contributed by atoms with Crippen molar-refractivity contribution in [1.29, 1.82) is 0 Å². The zero-order valence-electron chi connectivity index (χ0n) is 16.3. The van der Waals surface area contributed by atoms with E-state index in [9.17, 15) is 4.79 Å². The summed E-state index contributed by atoms with van der Waals surface area (Å²) in [5.41, 5.74) is 1.83. The number of anilines is 2. The number of aromatic nitrogens is 2. The molecule has 0 saturated heterocycles. The lowest BCUT2D eigenvalue weighted by atomic mass is 9.97. The van der Waals surface area contributed by atoms with E-state index in [0.29, 0.717) is 28.7 Å². The molecule has 7 nitrogen and oxygen atoms in total. The van der Waals surface area contributed by atoms with Gasteiger partial charge >= 0.3 is 0 Å². The number of rotatable bonds is 8. The molecular formula is C21H26N4O3. The van der Waals surface area contributed by atoms with Crippen molar-refractivity contribution in [2.75, 3.05) is 31.4 Å². The van der Waals surface area contributed by atoms with E-state index in [-0.39, 0.29) is 5.91 Å². The second-order valence-corrected chi connectivity index (χ2v) is 6.58. The third-order valence-electron chi connectivity index (χ3n) is 4.70. The summed E-state index contributed by atoms with van der Waals surface area (Å²) < 4.78 is 10.5. The highest BCUT2D eigenvalue weighted by Crippen LogP contribution is 2.28. The highest BCUT2D eigenvalue weighted by Gasteiger charge is 2.18. The van der Waals surface area contributed by atoms with Gasteiger partial charge in [-0.05, 0) is 56.4 Å². The van der Waals surface area contributed by atoms with Gasteiger partial charge < -0.3 is 20.1 Å². The van der Waals surface area contributed by atoms with E-state index in [1.54, 1.807) is 30.3 Å². The van der Waals surface area contributed by atoms with Gasteiger partial charge in [0, 0.05) is 6.54 Å². The fourth-order valence-corrected chi connectivity index (χ4v) is 3.23. The first-order valence-corrected chi connectivity index (χ1v) is 9.49. The van der Waals surface area contributed by atoms with E-state index in [2.05, 4.69) is 26.9 Å². The molecule has 2 N–H and O–H groups in total. The largest absolute Gasteiger partial charge is 0.496 e. The van der Waals surface area contributed by atoms with Crippen molar-refractivity contribution in [2.24, 2.45) is 0 Å². The Morgan fingerprint density at radius 1 is 1.04 bits per heavy atom. The maximum Gasteiger partial charge on any atom is 0.264 e. The van der Waals surface area contributed by atoms with Crippen LogP contribution in [-0.4, -0.2) is 36.9 Å². The van der Waals surface area contributed by atoms with Crippen LogP contribution in [-0.2, 0) is 0 Å². The highest BCUT2D eigenvalue weighted by atomic mass is 16.5. The van der Waals surface area contributed by atoms with Gasteiger partial charge in [-0.1, -0.05) is 17.7 Å². The van der Waals surface area contributed by atoms with E-state index in [0.717, 1.165) is 13.0 Å². The fourth-order valence-electron chi connectivity index (χ4n) is 3.23. The molecule has 0 saturated carbocycles. The Balaban J connectivity index is 1.58. The quantitative estimate of drug-likeness (QED) is 0.670. The molecule has 2 aromatic rings. The number of hydrogen-bond donors (Lipinski definition) is 2. The summed E-state index contributed by atoms with van der Waals surface area (Å²) in [5, 5.41) is 14.2. The molecule has 0 radical (unpaired) electrons. The zero-order chi connectivity index (χ0) is 19.8. The average molecular weight is 382 g/mol. The predicted molar refractivity (Wildman–Crippen MR) is 109 cm³/mol. The molecule has 1 aliphatic carbocycles. The lowest BCUT2D eigenvalue weighted by Gasteiger charge is -2.13. The SMILES string of the molecule is COc1cccc(OC)c1C(=O)Nc1ccc(NCCC2=CCCCC2)nn1. The summed E-state index contributed by atoms with van der Waals surface area (Å²) in [4.78, 5) is 12.6. The molecule has 0 spiro atoms. The van der Waals surface area contributed by atoms with Crippen LogP contribution in [0, 0.1) is 0 Å². The molecule has 7 heteroatoms. The normalized spacial score (nSPS) is 13.4. The van der Waals surface area contributed by atoms with Crippen molar-refractivity contribution in [3.05, 3.63) is 47.5 Å². The lowest BCUT2D eigenvalue weighted by molar-refractivity contribution is 0.102. The van der Waals surface area contributed by atoms with E-state index in [1.165, 1.54) is 45.5 Å². The molecule has 1 aliphatic rings. The molecule has 1 amide bonds. The van der Waals surface area contributed by atoms with E-state index in [1.807, 2.05) is 0 Å². The third-order valence-corrected chi connectivity index (χ3v) is 4.70. The van der Waals surface area contributed by atoms with Gasteiger partial charge in [0.2, 0.25) is 0 Å². The number of nitrogens with zero attached hydrogens (tertiary/aromatic N) is 2. The number of methoxy groups -OCH3 is 2. The van der Waals surface area contributed by atoms with Gasteiger partial charge in [-0.3, -0.25) is 4.79 Å². The van der Waals surface area contributed by atoms with Crippen LogP contribution in [0.3, 0.4) is 0 Å². The van der Waals surface area contributed by atoms with Crippen LogP contribution >= 0.6 is 0 Å². The van der Waals surface area contributed by atoms with Gasteiger partial charge in [0.05, 0.1) is 14.2 Å². The molecular weight excluding hydrogens is 356 g/mol. The molecule has 148 valence electrons. The summed E-state index contributed by atoms with van der Waals surface area (Å²) >= 11 is 0. The van der Waals surface area contributed by atoms with Crippen molar-refractivity contribution in [2.45, 2.75) is 32.1 Å². The Kier molecular flexibility index (Phi) is 6.84. The van der Waals surface area contributed by atoms with Crippen molar-refractivity contribution >= 4 is 17.5 Å². The van der Waals surface area contributed by atoms with Gasteiger partial charge in [0.1, 0.15) is 22.9 Å². The third kappa shape index (κ3) is 5.00. The second-order valence-electron chi connectivity index (χ2n) is 6.58. The van der Waals surface area contributed by atoms with Gasteiger partial charge in [-0.25, -0.2) is 0 Å². The maximum absolute atomic E-state index is 12.6. The molecule has 0 fully saturated rings. The topological polar surface area (TPSA) is 85.4 Å². The first kappa shape index (κ1) is 19.7. The van der Waals surface area contributed by atoms with Crippen LogP contribution in [0.1, 0.15) is 42.5 Å². The first-order valence-electron chi connectivity index (χ1n) is 9.49.